The molecule has 8 heteroatoms. The van der Waals surface area contributed by atoms with Crippen LogP contribution < -0.4 is 0 Å². The molecule has 0 aliphatic carbocycles. The van der Waals surface area contributed by atoms with Gasteiger partial charge < -0.3 is 4.74 Å². The predicted molar refractivity (Wildman–Crippen MR) is 58.5 cm³/mol. The van der Waals surface area contributed by atoms with Crippen LogP contribution in [-0.4, -0.2) is 21.5 Å². The van der Waals surface area contributed by atoms with Crippen LogP contribution in [0, 0.1) is 5.82 Å². The van der Waals surface area contributed by atoms with Gasteiger partial charge in [-0.3, -0.25) is 0 Å². The lowest BCUT2D eigenvalue weighted by molar-refractivity contribution is 0.0595. The van der Waals surface area contributed by atoms with Crippen LogP contribution in [0.4, 0.5) is 4.39 Å². The fourth-order valence-corrected chi connectivity index (χ4v) is 2.54. The van der Waals surface area contributed by atoms with Crippen LogP contribution >= 0.6 is 26.6 Å². The first kappa shape index (κ1) is 13.4. The van der Waals surface area contributed by atoms with Crippen LogP contribution in [0.3, 0.4) is 0 Å². The van der Waals surface area contributed by atoms with Gasteiger partial charge in [-0.05, 0) is 28.1 Å². The van der Waals surface area contributed by atoms with Crippen molar-refractivity contribution < 1.29 is 22.3 Å². The average molecular weight is 332 g/mol. The normalized spacial score (nSPS) is 11.2. The van der Waals surface area contributed by atoms with Crippen molar-refractivity contribution in [3.8, 4) is 0 Å². The van der Waals surface area contributed by atoms with E-state index in [2.05, 4.69) is 20.7 Å². The van der Waals surface area contributed by atoms with Crippen LogP contribution in [0.5, 0.6) is 0 Å². The maximum Gasteiger partial charge on any atom is 0.339 e. The van der Waals surface area contributed by atoms with E-state index in [0.29, 0.717) is 0 Å². The van der Waals surface area contributed by atoms with E-state index in [9.17, 15) is 17.6 Å². The van der Waals surface area contributed by atoms with Crippen molar-refractivity contribution >= 4 is 41.6 Å². The van der Waals surface area contributed by atoms with Gasteiger partial charge in [0.1, 0.15) is 5.82 Å². The second-order valence-corrected chi connectivity index (χ2v) is 6.08. The summed E-state index contributed by atoms with van der Waals surface area (Å²) in [6, 6.07) is 1.65. The minimum absolute atomic E-state index is 0.112. The Hall–Kier alpha value is -0.660. The third kappa shape index (κ3) is 2.72. The van der Waals surface area contributed by atoms with Crippen molar-refractivity contribution in [2.24, 2.45) is 0 Å². The first-order chi connectivity index (χ1) is 7.27. The molecular weight excluding hydrogens is 327 g/mol. The molecule has 0 N–H and O–H groups in total. The van der Waals surface area contributed by atoms with Crippen LogP contribution in [0.15, 0.2) is 21.5 Å². The Bertz CT molecular complexity index is 543. The zero-order chi connectivity index (χ0) is 12.5. The molecule has 1 rings (SSSR count). The van der Waals surface area contributed by atoms with E-state index >= 15 is 0 Å². The second kappa shape index (κ2) is 4.68. The fraction of sp³-hybridized carbons (Fsp3) is 0.125. The summed E-state index contributed by atoms with van der Waals surface area (Å²) in [6.07, 6.45) is 0. The molecule has 1 aromatic carbocycles. The predicted octanol–water partition coefficient (Wildman–Crippen LogP) is 2.30. The second-order valence-electron chi connectivity index (χ2n) is 2.69. The minimum atomic E-state index is -4.15. The first-order valence-corrected chi connectivity index (χ1v) is 6.89. The van der Waals surface area contributed by atoms with Crippen molar-refractivity contribution in [3.05, 3.63) is 28.0 Å². The average Bonchev–Trinajstić information content (AvgIpc) is 2.18. The molecule has 0 bridgehead atoms. The third-order valence-electron chi connectivity index (χ3n) is 1.69. The zero-order valence-corrected chi connectivity index (χ0v) is 11.0. The maximum atomic E-state index is 13.2. The van der Waals surface area contributed by atoms with E-state index in [1.807, 2.05) is 0 Å². The molecule has 1 aromatic rings. The largest absolute Gasteiger partial charge is 0.465 e. The van der Waals surface area contributed by atoms with Crippen LogP contribution in [0.1, 0.15) is 10.4 Å². The van der Waals surface area contributed by atoms with Crippen molar-refractivity contribution in [3.63, 3.8) is 0 Å². The van der Waals surface area contributed by atoms with Gasteiger partial charge in [0.25, 0.3) is 9.05 Å². The molecule has 0 aliphatic heterocycles. The van der Waals surface area contributed by atoms with Crippen molar-refractivity contribution in [1.29, 1.82) is 0 Å². The van der Waals surface area contributed by atoms with Crippen molar-refractivity contribution in [2.75, 3.05) is 7.11 Å². The number of hydrogen-bond acceptors (Lipinski definition) is 4. The Kier molecular flexibility index (Phi) is 3.92. The highest BCUT2D eigenvalue weighted by Gasteiger charge is 2.23. The molecule has 0 saturated heterocycles. The summed E-state index contributed by atoms with van der Waals surface area (Å²) in [5.74, 6) is -1.77. The molecule has 0 saturated carbocycles. The highest BCUT2D eigenvalue weighted by molar-refractivity contribution is 9.10. The zero-order valence-electron chi connectivity index (χ0n) is 7.83. The Morgan fingerprint density at radius 3 is 2.50 bits per heavy atom. The van der Waals surface area contributed by atoms with E-state index in [0.717, 1.165) is 19.2 Å². The van der Waals surface area contributed by atoms with Gasteiger partial charge in [-0.25, -0.2) is 17.6 Å². The highest BCUT2D eigenvalue weighted by Crippen LogP contribution is 2.27. The summed E-state index contributed by atoms with van der Waals surface area (Å²) < 4.78 is 39.7. The van der Waals surface area contributed by atoms with Gasteiger partial charge in [-0.2, -0.15) is 0 Å². The number of carbonyl (C=O) groups excluding carboxylic acids is 1. The van der Waals surface area contributed by atoms with Crippen LogP contribution in [-0.2, 0) is 13.8 Å². The first-order valence-electron chi connectivity index (χ1n) is 3.79. The molecule has 0 aliphatic rings. The lowest BCUT2D eigenvalue weighted by atomic mass is 10.2. The summed E-state index contributed by atoms with van der Waals surface area (Å²) in [6.45, 7) is 0. The molecule has 0 spiro atoms. The SMILES string of the molecule is COC(=O)c1cc(F)c(Br)cc1S(=O)(=O)Cl. The Morgan fingerprint density at radius 2 is 2.06 bits per heavy atom. The number of rotatable bonds is 2. The van der Waals surface area contributed by atoms with Gasteiger partial charge >= 0.3 is 5.97 Å². The summed E-state index contributed by atoms with van der Waals surface area (Å²) in [4.78, 5) is 10.7. The molecule has 0 fully saturated rings. The molecule has 0 unspecified atom stereocenters. The molecule has 0 amide bonds. The highest BCUT2D eigenvalue weighted by atomic mass is 79.9. The minimum Gasteiger partial charge on any atom is -0.465 e. The fourth-order valence-electron chi connectivity index (χ4n) is 1.000. The van der Waals surface area contributed by atoms with Gasteiger partial charge in [0, 0.05) is 10.7 Å². The number of halogens is 3. The number of hydrogen-bond donors (Lipinski definition) is 0. The standard InChI is InChI=1S/C8H5BrClFO4S/c1-15-8(12)4-2-6(11)5(9)3-7(4)16(10,13)14/h2-3H,1H3. The molecule has 4 nitrogen and oxygen atoms in total. The van der Waals surface area contributed by atoms with Gasteiger partial charge in [0.05, 0.1) is 22.0 Å². The van der Waals surface area contributed by atoms with E-state index in [1.54, 1.807) is 0 Å². The topological polar surface area (TPSA) is 60.4 Å². The van der Waals surface area contributed by atoms with E-state index < -0.39 is 31.3 Å². The number of benzene rings is 1. The van der Waals surface area contributed by atoms with Crippen LogP contribution in [0.2, 0.25) is 0 Å². The summed E-state index contributed by atoms with van der Waals surface area (Å²) in [5.41, 5.74) is -0.446. The number of esters is 1. The number of carbonyl (C=O) groups is 1. The summed E-state index contributed by atoms with van der Waals surface area (Å²) >= 11 is 2.79. The molecule has 0 atom stereocenters. The molecular formula is C8H5BrClFO4S. The Labute approximate surface area is 104 Å². The smallest absolute Gasteiger partial charge is 0.339 e. The quantitative estimate of drug-likeness (QED) is 0.616. The number of ether oxygens (including phenoxy) is 1. The molecule has 88 valence electrons. The molecule has 0 radical (unpaired) electrons. The van der Waals surface area contributed by atoms with Crippen molar-refractivity contribution in [2.45, 2.75) is 4.90 Å². The Balaban J connectivity index is 3.58. The summed E-state index contributed by atoms with van der Waals surface area (Å²) in [7, 11) is 2.01. The van der Waals surface area contributed by atoms with Gasteiger partial charge in [-0.15, -0.1) is 0 Å². The third-order valence-corrected chi connectivity index (χ3v) is 3.66. The molecule has 16 heavy (non-hydrogen) atoms. The monoisotopic (exact) mass is 330 g/mol. The van der Waals surface area contributed by atoms with E-state index in [-0.39, 0.29) is 4.47 Å². The lowest BCUT2D eigenvalue weighted by Crippen LogP contribution is -2.08. The van der Waals surface area contributed by atoms with Gasteiger partial charge in [0.2, 0.25) is 0 Å². The maximum absolute atomic E-state index is 13.2. The van der Waals surface area contributed by atoms with Gasteiger partial charge in [0.15, 0.2) is 0 Å². The van der Waals surface area contributed by atoms with Crippen LogP contribution in [0.25, 0.3) is 0 Å². The van der Waals surface area contributed by atoms with Gasteiger partial charge in [-0.1, -0.05) is 0 Å². The van der Waals surface area contributed by atoms with E-state index in [4.69, 9.17) is 10.7 Å². The Morgan fingerprint density at radius 1 is 1.50 bits per heavy atom. The molecule has 0 aromatic heterocycles. The molecule has 0 heterocycles. The van der Waals surface area contributed by atoms with Crippen molar-refractivity contribution in [1.82, 2.24) is 0 Å². The lowest BCUT2D eigenvalue weighted by Gasteiger charge is -2.06. The van der Waals surface area contributed by atoms with E-state index in [1.165, 1.54) is 0 Å². The number of methoxy groups -OCH3 is 1. The summed E-state index contributed by atoms with van der Waals surface area (Å²) in [5, 5.41) is 0.